The number of nitrogens with one attached hydrogen (secondary N) is 3. The Kier molecular flexibility index (Phi) is 9.19. The molecule has 3 amide bonds. The number of carbonyl (C=O) groups excluding carboxylic acids is 3. The second-order valence-electron chi connectivity index (χ2n) is 9.14. The highest BCUT2D eigenvalue weighted by atomic mass is 16.5. The van der Waals surface area contributed by atoms with Crippen molar-refractivity contribution in [2.24, 2.45) is 16.1 Å². The molecule has 0 saturated heterocycles. The molecule has 3 atom stereocenters. The van der Waals surface area contributed by atoms with Crippen LogP contribution in [0.4, 0.5) is 10.5 Å². The molecule has 13 heteroatoms. The van der Waals surface area contributed by atoms with E-state index in [-0.39, 0.29) is 18.1 Å². The van der Waals surface area contributed by atoms with Gasteiger partial charge >= 0.3 is 12.0 Å². The van der Waals surface area contributed by atoms with Gasteiger partial charge in [-0.2, -0.15) is 15.2 Å². The number of nitrogens with zero attached hydrogens (tertiary/aromatic N) is 3. The highest BCUT2D eigenvalue weighted by molar-refractivity contribution is 6.23. The fraction of sp³-hybridized carbons (Fsp3) is 0.321. The van der Waals surface area contributed by atoms with Gasteiger partial charge in [-0.15, -0.1) is 0 Å². The third-order valence-electron chi connectivity index (χ3n) is 6.30. The first-order valence-corrected chi connectivity index (χ1v) is 12.9. The van der Waals surface area contributed by atoms with E-state index in [4.69, 9.17) is 14.2 Å². The second kappa shape index (κ2) is 13.0. The molecule has 0 unspecified atom stereocenters. The van der Waals surface area contributed by atoms with Gasteiger partial charge in [0.25, 0.3) is 5.91 Å². The number of allylic oxidation sites excluding steroid dienone is 1. The molecule has 0 fully saturated rings. The van der Waals surface area contributed by atoms with Crippen LogP contribution in [-0.4, -0.2) is 61.5 Å². The van der Waals surface area contributed by atoms with Gasteiger partial charge in [-0.25, -0.2) is 9.59 Å². The number of aliphatic hydroxyl groups excluding tert-OH is 1. The minimum Gasteiger partial charge on any atom is -0.490 e. The Morgan fingerprint density at radius 1 is 1.17 bits per heavy atom. The average molecular weight is 565 g/mol. The number of methoxy groups -OCH3 is 1. The lowest BCUT2D eigenvalue weighted by atomic mass is 9.95. The van der Waals surface area contributed by atoms with E-state index in [0.717, 1.165) is 0 Å². The summed E-state index contributed by atoms with van der Waals surface area (Å²) in [6, 6.07) is 12.8. The number of hydrogen-bond donors (Lipinski definition) is 4. The fourth-order valence-corrected chi connectivity index (χ4v) is 4.33. The van der Waals surface area contributed by atoms with Crippen molar-refractivity contribution in [3.63, 3.8) is 0 Å². The number of amides is 3. The Labute approximate surface area is 236 Å². The summed E-state index contributed by atoms with van der Waals surface area (Å²) in [5, 5.41) is 25.3. The quantitative estimate of drug-likeness (QED) is 0.140. The molecule has 0 aromatic heterocycles. The van der Waals surface area contributed by atoms with Crippen LogP contribution >= 0.6 is 0 Å². The third-order valence-corrected chi connectivity index (χ3v) is 6.30. The van der Waals surface area contributed by atoms with Crippen LogP contribution in [0.15, 0.2) is 70.0 Å². The summed E-state index contributed by atoms with van der Waals surface area (Å²) in [5.41, 5.74) is 4.98. The molecule has 2 aliphatic heterocycles. The molecule has 2 aromatic rings. The number of aliphatic hydroxyl groups is 1. The van der Waals surface area contributed by atoms with E-state index < -0.39 is 30.2 Å². The van der Waals surface area contributed by atoms with E-state index in [1.54, 1.807) is 51.1 Å². The van der Waals surface area contributed by atoms with Gasteiger partial charge in [-0.05, 0) is 50.6 Å². The lowest BCUT2D eigenvalue weighted by Crippen LogP contribution is -2.45. The Hall–Kier alpha value is -4.91. The number of ether oxygens (including phenoxy) is 3. The first kappa shape index (κ1) is 29.1. The minimum absolute atomic E-state index is 0.199. The van der Waals surface area contributed by atoms with Crippen LogP contribution in [0, 0.1) is 5.92 Å². The standard InChI is InChI=1S/C28H32N6O7/c1-5-40-22-13-18(25-24(27(37)39-4)17(3)30-28(38)31-25)11-12-21(22)41-15-23(35)32-29-14-20-16(2)33-34(26(20)36)19-9-7-6-8-10-19/h6-14,20,23,25,32,35H,5,15H2,1-4H3,(H2,30,31,38)/b29-14-/t20-,23-,25+/m1/s1. The highest BCUT2D eigenvalue weighted by Gasteiger charge is 2.34. The predicted molar refractivity (Wildman–Crippen MR) is 150 cm³/mol. The van der Waals surface area contributed by atoms with E-state index >= 15 is 0 Å². The van der Waals surface area contributed by atoms with Crippen LogP contribution in [0.2, 0.25) is 0 Å². The summed E-state index contributed by atoms with van der Waals surface area (Å²) in [6.45, 7) is 5.27. The van der Waals surface area contributed by atoms with E-state index in [9.17, 15) is 19.5 Å². The second-order valence-corrected chi connectivity index (χ2v) is 9.14. The summed E-state index contributed by atoms with van der Waals surface area (Å²) in [6.07, 6.45) is 0.176. The molecule has 41 heavy (non-hydrogen) atoms. The number of anilines is 1. The van der Waals surface area contributed by atoms with Gasteiger partial charge in [0, 0.05) is 11.9 Å². The van der Waals surface area contributed by atoms with Gasteiger partial charge in [0.1, 0.15) is 12.5 Å². The molecule has 2 aromatic carbocycles. The lowest BCUT2D eigenvalue weighted by Gasteiger charge is -2.28. The lowest BCUT2D eigenvalue weighted by molar-refractivity contribution is -0.136. The molecule has 0 bridgehead atoms. The maximum Gasteiger partial charge on any atom is 0.337 e. The Balaban J connectivity index is 1.39. The van der Waals surface area contributed by atoms with E-state index in [2.05, 4.69) is 26.3 Å². The number of hydrazone groups is 2. The number of hydrogen-bond acceptors (Lipinski definition) is 10. The van der Waals surface area contributed by atoms with Crippen molar-refractivity contribution in [2.45, 2.75) is 33.0 Å². The first-order valence-electron chi connectivity index (χ1n) is 12.9. The van der Waals surface area contributed by atoms with Gasteiger partial charge in [0.2, 0.25) is 0 Å². The van der Waals surface area contributed by atoms with Crippen LogP contribution < -0.4 is 30.5 Å². The molecular weight excluding hydrogens is 532 g/mol. The zero-order valence-corrected chi connectivity index (χ0v) is 23.1. The van der Waals surface area contributed by atoms with Crippen molar-refractivity contribution in [2.75, 3.05) is 25.3 Å². The average Bonchev–Trinajstić information content (AvgIpc) is 3.25. The molecule has 0 saturated carbocycles. The number of para-hydroxylation sites is 1. The monoisotopic (exact) mass is 564 g/mol. The number of benzene rings is 2. The van der Waals surface area contributed by atoms with Crippen molar-refractivity contribution < 1.29 is 33.7 Å². The third kappa shape index (κ3) is 6.64. The molecule has 4 rings (SSSR count). The molecule has 13 nitrogen and oxygen atoms in total. The van der Waals surface area contributed by atoms with Gasteiger partial charge < -0.3 is 30.0 Å². The number of rotatable bonds is 11. The van der Waals surface area contributed by atoms with Crippen LogP contribution in [0.1, 0.15) is 32.4 Å². The van der Waals surface area contributed by atoms with Crippen LogP contribution in [-0.2, 0) is 14.3 Å². The topological polar surface area (TPSA) is 163 Å². The summed E-state index contributed by atoms with van der Waals surface area (Å²) in [7, 11) is 1.27. The summed E-state index contributed by atoms with van der Waals surface area (Å²) in [5.74, 6) is -0.831. The predicted octanol–water partition coefficient (Wildman–Crippen LogP) is 2.20. The SMILES string of the molecule is CCOc1cc([C@@H]2NC(=O)NC(C)=C2C(=O)OC)ccc1OC[C@@H](O)N/N=C\[C@H]1C(=O)N(c2ccccc2)N=C1C. The fourth-order valence-electron chi connectivity index (χ4n) is 4.33. The normalized spacial score (nSPS) is 19.4. The molecule has 0 radical (unpaired) electrons. The minimum atomic E-state index is -1.21. The van der Waals surface area contributed by atoms with Crippen molar-refractivity contribution in [3.8, 4) is 11.5 Å². The number of carbonyl (C=O) groups is 3. The molecular formula is C28H32N6O7. The maximum absolute atomic E-state index is 12.8. The Morgan fingerprint density at radius 2 is 1.93 bits per heavy atom. The zero-order chi connectivity index (χ0) is 29.5. The summed E-state index contributed by atoms with van der Waals surface area (Å²) < 4.78 is 16.4. The first-order chi connectivity index (χ1) is 19.7. The van der Waals surface area contributed by atoms with Crippen LogP contribution in [0.5, 0.6) is 11.5 Å². The summed E-state index contributed by atoms with van der Waals surface area (Å²) in [4.78, 5) is 37.3. The summed E-state index contributed by atoms with van der Waals surface area (Å²) >= 11 is 0. The van der Waals surface area contributed by atoms with Crippen molar-refractivity contribution >= 4 is 35.5 Å². The number of urea groups is 1. The van der Waals surface area contributed by atoms with Crippen molar-refractivity contribution in [1.82, 2.24) is 16.1 Å². The smallest absolute Gasteiger partial charge is 0.337 e. The van der Waals surface area contributed by atoms with E-state index in [1.165, 1.54) is 18.3 Å². The molecule has 4 N–H and O–H groups in total. The molecule has 0 spiro atoms. The maximum atomic E-state index is 12.8. The van der Waals surface area contributed by atoms with E-state index in [1.807, 2.05) is 18.2 Å². The van der Waals surface area contributed by atoms with Gasteiger partial charge in [0.05, 0.1) is 36.7 Å². The van der Waals surface area contributed by atoms with Gasteiger partial charge in [-0.1, -0.05) is 24.3 Å². The Morgan fingerprint density at radius 3 is 2.63 bits per heavy atom. The van der Waals surface area contributed by atoms with E-state index in [0.29, 0.717) is 40.8 Å². The molecule has 2 heterocycles. The van der Waals surface area contributed by atoms with Gasteiger partial charge in [-0.3, -0.25) is 10.2 Å². The zero-order valence-electron chi connectivity index (χ0n) is 23.1. The highest BCUT2D eigenvalue weighted by Crippen LogP contribution is 2.35. The molecule has 0 aliphatic carbocycles. The molecule has 216 valence electrons. The van der Waals surface area contributed by atoms with Crippen molar-refractivity contribution in [1.29, 1.82) is 0 Å². The largest absolute Gasteiger partial charge is 0.490 e. The molecule has 2 aliphatic rings. The van der Waals surface area contributed by atoms with Crippen LogP contribution in [0.25, 0.3) is 0 Å². The van der Waals surface area contributed by atoms with Crippen molar-refractivity contribution in [3.05, 3.63) is 65.4 Å². The Bertz CT molecular complexity index is 1390. The number of esters is 1. The van der Waals surface area contributed by atoms with Gasteiger partial charge in [0.15, 0.2) is 17.7 Å². The van der Waals surface area contributed by atoms with Crippen LogP contribution in [0.3, 0.4) is 0 Å².